The van der Waals surface area contributed by atoms with Crippen LogP contribution in [0.15, 0.2) is 47.3 Å². The van der Waals surface area contributed by atoms with Crippen molar-refractivity contribution in [3.8, 4) is 11.5 Å². The molecule has 0 aliphatic heterocycles. The minimum Gasteiger partial charge on any atom is -0.444 e. The Morgan fingerprint density at radius 2 is 2.03 bits per heavy atom. The molecule has 0 saturated carbocycles. The van der Waals surface area contributed by atoms with Crippen molar-refractivity contribution in [1.29, 1.82) is 0 Å². The first-order chi connectivity index (χ1) is 13.8. The molecule has 0 radical (unpaired) electrons. The van der Waals surface area contributed by atoms with Crippen LogP contribution in [0.5, 0.6) is 0 Å². The summed E-state index contributed by atoms with van der Waals surface area (Å²) in [5, 5.41) is 13.7. The number of benzene rings is 1. The summed E-state index contributed by atoms with van der Waals surface area (Å²) in [7, 11) is 0. The van der Waals surface area contributed by atoms with Crippen LogP contribution in [0.1, 0.15) is 32.4 Å². The summed E-state index contributed by atoms with van der Waals surface area (Å²) in [4.78, 5) is 20.4. The van der Waals surface area contributed by atoms with E-state index >= 15 is 0 Å². The fraction of sp³-hybridized carbons (Fsp3) is 0.316. The molecule has 152 valence electrons. The maximum Gasteiger partial charge on any atom is 0.407 e. The number of nitrogens with zero attached hydrogens (tertiary/aromatic N) is 4. The lowest BCUT2D eigenvalue weighted by molar-refractivity contribution is 0.0525. The van der Waals surface area contributed by atoms with Crippen molar-refractivity contribution >= 4 is 17.9 Å². The summed E-state index contributed by atoms with van der Waals surface area (Å²) >= 11 is 0. The average molecular weight is 397 g/mol. The van der Waals surface area contributed by atoms with Crippen molar-refractivity contribution in [1.82, 2.24) is 25.5 Å². The maximum atomic E-state index is 12.1. The van der Waals surface area contributed by atoms with Gasteiger partial charge >= 0.3 is 6.09 Å². The monoisotopic (exact) mass is 397 g/mol. The normalized spacial score (nSPS) is 12.2. The number of anilines is 2. The largest absolute Gasteiger partial charge is 0.444 e. The third-order valence-corrected chi connectivity index (χ3v) is 3.76. The Morgan fingerprint density at radius 3 is 2.69 bits per heavy atom. The molecule has 0 spiro atoms. The third-order valence-electron chi connectivity index (χ3n) is 3.76. The van der Waals surface area contributed by atoms with Gasteiger partial charge in [-0.05, 0) is 26.3 Å². The molecule has 3 rings (SSSR count). The number of nitrogens with two attached hydrogens (primary N) is 1. The summed E-state index contributed by atoms with van der Waals surface area (Å²) in [6, 6.07) is 9.26. The van der Waals surface area contributed by atoms with Gasteiger partial charge in [0.15, 0.2) is 0 Å². The Kier molecular flexibility index (Phi) is 5.91. The van der Waals surface area contributed by atoms with Crippen molar-refractivity contribution < 1.29 is 13.9 Å². The van der Waals surface area contributed by atoms with Gasteiger partial charge in [-0.25, -0.2) is 9.78 Å². The van der Waals surface area contributed by atoms with Crippen LogP contribution in [0.2, 0.25) is 0 Å². The summed E-state index contributed by atoms with van der Waals surface area (Å²) in [5.74, 6) is 0.740. The number of ether oxygens (including phenoxy) is 1. The molecule has 0 fully saturated rings. The topological polar surface area (TPSA) is 141 Å². The smallest absolute Gasteiger partial charge is 0.407 e. The number of alkyl carbamates (subject to hydrolysis) is 1. The van der Waals surface area contributed by atoms with E-state index < -0.39 is 11.7 Å². The minimum atomic E-state index is -0.591. The number of aromatic nitrogens is 4. The van der Waals surface area contributed by atoms with Crippen LogP contribution in [-0.2, 0) is 4.74 Å². The van der Waals surface area contributed by atoms with Gasteiger partial charge in [-0.1, -0.05) is 30.3 Å². The van der Waals surface area contributed by atoms with Crippen LogP contribution in [0.25, 0.3) is 11.5 Å². The Hall–Kier alpha value is -3.69. The minimum absolute atomic E-state index is 0.0858. The van der Waals surface area contributed by atoms with Crippen LogP contribution < -0.4 is 16.4 Å². The van der Waals surface area contributed by atoms with E-state index in [1.165, 1.54) is 12.6 Å². The highest BCUT2D eigenvalue weighted by atomic mass is 16.6. The molecule has 1 amide bonds. The molecular formula is C19H23N7O3. The number of nitrogen functional groups attached to an aromatic ring is 1. The van der Waals surface area contributed by atoms with Gasteiger partial charge < -0.3 is 25.5 Å². The van der Waals surface area contributed by atoms with Crippen LogP contribution >= 0.6 is 0 Å². The van der Waals surface area contributed by atoms with Crippen LogP contribution in [0, 0.1) is 0 Å². The second kappa shape index (κ2) is 8.55. The second-order valence-electron chi connectivity index (χ2n) is 7.22. The highest BCUT2D eigenvalue weighted by Gasteiger charge is 2.21. The van der Waals surface area contributed by atoms with Crippen molar-refractivity contribution in [2.45, 2.75) is 32.4 Å². The third kappa shape index (κ3) is 5.64. The Morgan fingerprint density at radius 1 is 1.28 bits per heavy atom. The van der Waals surface area contributed by atoms with Crippen LogP contribution in [0.3, 0.4) is 0 Å². The molecule has 0 bridgehead atoms. The van der Waals surface area contributed by atoms with Crippen LogP contribution in [0.4, 0.5) is 16.6 Å². The van der Waals surface area contributed by atoms with Crippen molar-refractivity contribution in [3.63, 3.8) is 0 Å². The highest BCUT2D eigenvalue weighted by Crippen LogP contribution is 2.27. The van der Waals surface area contributed by atoms with Gasteiger partial charge in [0.25, 0.3) is 5.89 Å². The first kappa shape index (κ1) is 20.1. The van der Waals surface area contributed by atoms with Crippen molar-refractivity contribution in [3.05, 3.63) is 48.5 Å². The average Bonchev–Trinajstić information content (AvgIpc) is 3.19. The van der Waals surface area contributed by atoms with Gasteiger partial charge in [0, 0.05) is 12.7 Å². The molecule has 29 heavy (non-hydrogen) atoms. The first-order valence-electron chi connectivity index (χ1n) is 8.99. The van der Waals surface area contributed by atoms with E-state index in [2.05, 4.69) is 30.8 Å². The maximum absolute atomic E-state index is 12.1. The van der Waals surface area contributed by atoms with Gasteiger partial charge in [-0.15, -0.1) is 10.2 Å². The number of hydrogen-bond acceptors (Lipinski definition) is 9. The predicted octanol–water partition coefficient (Wildman–Crippen LogP) is 2.79. The molecule has 1 aromatic carbocycles. The number of amides is 1. The summed E-state index contributed by atoms with van der Waals surface area (Å²) in [6.45, 7) is 5.66. The van der Waals surface area contributed by atoms with Gasteiger partial charge in [-0.3, -0.25) is 0 Å². The van der Waals surface area contributed by atoms with Crippen LogP contribution in [-0.4, -0.2) is 38.4 Å². The van der Waals surface area contributed by atoms with E-state index in [0.717, 1.165) is 5.56 Å². The second-order valence-corrected chi connectivity index (χ2v) is 7.22. The van der Waals surface area contributed by atoms with Gasteiger partial charge in [0.1, 0.15) is 11.4 Å². The van der Waals surface area contributed by atoms with Crippen molar-refractivity contribution in [2.24, 2.45) is 0 Å². The zero-order valence-electron chi connectivity index (χ0n) is 16.4. The predicted molar refractivity (Wildman–Crippen MR) is 107 cm³/mol. The highest BCUT2D eigenvalue weighted by molar-refractivity contribution is 5.70. The molecule has 2 aromatic heterocycles. The molecule has 3 aromatic rings. The number of rotatable bonds is 6. The zero-order valence-corrected chi connectivity index (χ0v) is 16.4. The molecule has 0 aliphatic rings. The molecule has 1 atom stereocenters. The number of carbonyl (C=O) groups is 1. The molecular weight excluding hydrogens is 374 g/mol. The first-order valence-corrected chi connectivity index (χ1v) is 8.99. The quantitative estimate of drug-likeness (QED) is 0.572. The van der Waals surface area contributed by atoms with Gasteiger partial charge in [0.2, 0.25) is 12.3 Å². The molecule has 0 saturated heterocycles. The SMILES string of the molecule is CC(C)(C)OC(=O)NC[C@@H](Nc1nc(N)ncc1-c1nnco1)c1ccccc1. The number of carbonyl (C=O) groups excluding carboxylic acids is 1. The fourth-order valence-electron chi connectivity index (χ4n) is 2.55. The summed E-state index contributed by atoms with van der Waals surface area (Å²) < 4.78 is 10.6. The van der Waals surface area contributed by atoms with E-state index in [9.17, 15) is 4.79 Å². The molecule has 10 nitrogen and oxygen atoms in total. The lowest BCUT2D eigenvalue weighted by Gasteiger charge is -2.23. The van der Waals surface area contributed by atoms with E-state index in [-0.39, 0.29) is 24.4 Å². The van der Waals surface area contributed by atoms with Crippen molar-refractivity contribution in [2.75, 3.05) is 17.6 Å². The van der Waals surface area contributed by atoms with E-state index in [0.29, 0.717) is 11.4 Å². The number of nitrogens with one attached hydrogen (secondary N) is 2. The summed E-state index contributed by atoms with van der Waals surface area (Å²) in [5.41, 5.74) is 6.60. The number of hydrogen-bond donors (Lipinski definition) is 3. The molecule has 4 N–H and O–H groups in total. The summed E-state index contributed by atoms with van der Waals surface area (Å²) in [6.07, 6.45) is 2.20. The Balaban J connectivity index is 1.85. The Bertz CT molecular complexity index is 940. The van der Waals surface area contributed by atoms with Gasteiger partial charge in [0.05, 0.1) is 11.6 Å². The van der Waals surface area contributed by atoms with E-state index in [1.807, 2.05) is 30.3 Å². The zero-order chi connectivity index (χ0) is 20.9. The fourth-order valence-corrected chi connectivity index (χ4v) is 2.55. The molecule has 10 heteroatoms. The lowest BCUT2D eigenvalue weighted by Crippen LogP contribution is -2.36. The molecule has 2 heterocycles. The molecule has 0 unspecified atom stereocenters. The lowest BCUT2D eigenvalue weighted by atomic mass is 10.1. The standard InChI is InChI=1S/C19H23N7O3/c1-19(2,3)29-18(27)22-10-14(12-7-5-4-6-8-12)24-15-13(9-21-17(20)25-15)16-26-23-11-28-16/h4-9,11,14H,10H2,1-3H3,(H,22,27)(H3,20,21,24,25)/t14-/m1/s1. The van der Waals surface area contributed by atoms with E-state index in [1.54, 1.807) is 20.8 Å². The van der Waals surface area contributed by atoms with Gasteiger partial charge in [-0.2, -0.15) is 4.98 Å². The molecule has 0 aliphatic carbocycles. The Labute approximate surface area is 167 Å². The van der Waals surface area contributed by atoms with E-state index in [4.69, 9.17) is 14.9 Å².